The molecule has 0 atom stereocenters. The smallest absolute Gasteiger partial charge is 0.243 e. The number of benzene rings is 2. The SMILES string of the molecule is Cc1nc(-c2cccc(S(=O)(=O)N3CCC(C(=O)Nc4ccc(F)c(Cl)c4)CC3)c2)no1. The molecule has 32 heavy (non-hydrogen) atoms. The minimum atomic E-state index is -3.75. The zero-order valence-electron chi connectivity index (χ0n) is 17.1. The first kappa shape index (κ1) is 22.4. The van der Waals surface area contributed by atoms with Crippen molar-refractivity contribution in [2.45, 2.75) is 24.7 Å². The molecular formula is C21H20ClFN4O4S. The number of hydrogen-bond acceptors (Lipinski definition) is 6. The Morgan fingerprint density at radius 3 is 2.62 bits per heavy atom. The van der Waals surface area contributed by atoms with E-state index >= 15 is 0 Å². The van der Waals surface area contributed by atoms with Crippen molar-refractivity contribution in [3.8, 4) is 11.4 Å². The van der Waals surface area contributed by atoms with Crippen LogP contribution in [0.5, 0.6) is 0 Å². The Bertz CT molecular complexity index is 1260. The molecule has 1 saturated heterocycles. The summed E-state index contributed by atoms with van der Waals surface area (Å²) in [6, 6.07) is 10.3. The van der Waals surface area contributed by atoms with Gasteiger partial charge in [-0.25, -0.2) is 12.8 Å². The van der Waals surface area contributed by atoms with Crippen molar-refractivity contribution in [3.63, 3.8) is 0 Å². The van der Waals surface area contributed by atoms with E-state index in [0.29, 0.717) is 35.8 Å². The van der Waals surface area contributed by atoms with Crippen molar-refractivity contribution in [3.05, 3.63) is 59.2 Å². The summed E-state index contributed by atoms with van der Waals surface area (Å²) < 4.78 is 45.9. The molecule has 2 heterocycles. The molecule has 1 N–H and O–H groups in total. The number of aryl methyl sites for hydroxylation is 1. The van der Waals surface area contributed by atoms with Gasteiger partial charge in [-0.15, -0.1) is 0 Å². The summed E-state index contributed by atoms with van der Waals surface area (Å²) in [6.07, 6.45) is 0.730. The predicted octanol–water partition coefficient (Wildman–Crippen LogP) is 3.88. The number of rotatable bonds is 5. The van der Waals surface area contributed by atoms with E-state index in [9.17, 15) is 17.6 Å². The maximum absolute atomic E-state index is 13.3. The average Bonchev–Trinajstić information content (AvgIpc) is 3.23. The lowest BCUT2D eigenvalue weighted by atomic mass is 9.97. The largest absolute Gasteiger partial charge is 0.339 e. The minimum absolute atomic E-state index is 0.0816. The maximum atomic E-state index is 13.3. The first-order valence-electron chi connectivity index (χ1n) is 9.91. The number of piperidine rings is 1. The number of aromatic nitrogens is 2. The van der Waals surface area contributed by atoms with Crippen LogP contribution in [-0.2, 0) is 14.8 Å². The first-order chi connectivity index (χ1) is 15.2. The number of hydrogen-bond donors (Lipinski definition) is 1. The fourth-order valence-corrected chi connectivity index (χ4v) is 5.23. The highest BCUT2D eigenvalue weighted by atomic mass is 35.5. The Morgan fingerprint density at radius 2 is 1.97 bits per heavy atom. The van der Waals surface area contributed by atoms with Gasteiger partial charge in [-0.05, 0) is 43.2 Å². The van der Waals surface area contributed by atoms with Crippen molar-refractivity contribution in [1.82, 2.24) is 14.4 Å². The Morgan fingerprint density at radius 1 is 1.22 bits per heavy atom. The van der Waals surface area contributed by atoms with Crippen molar-refractivity contribution in [1.29, 1.82) is 0 Å². The third-order valence-corrected chi connectivity index (χ3v) is 7.45. The highest BCUT2D eigenvalue weighted by Crippen LogP contribution is 2.27. The zero-order chi connectivity index (χ0) is 22.9. The van der Waals surface area contributed by atoms with Gasteiger partial charge >= 0.3 is 0 Å². The number of carbonyl (C=O) groups excluding carboxylic acids is 1. The monoisotopic (exact) mass is 478 g/mol. The summed E-state index contributed by atoms with van der Waals surface area (Å²) in [5.74, 6) is -0.479. The fourth-order valence-electron chi connectivity index (χ4n) is 3.54. The highest BCUT2D eigenvalue weighted by molar-refractivity contribution is 7.89. The Hall–Kier alpha value is -2.82. The summed E-state index contributed by atoms with van der Waals surface area (Å²) in [6.45, 7) is 2.06. The molecule has 1 amide bonds. The van der Waals surface area contributed by atoms with Gasteiger partial charge in [0.05, 0.1) is 9.92 Å². The van der Waals surface area contributed by atoms with Gasteiger partial charge in [0.1, 0.15) is 5.82 Å². The molecule has 8 nitrogen and oxygen atoms in total. The van der Waals surface area contributed by atoms with E-state index in [-0.39, 0.29) is 34.8 Å². The van der Waals surface area contributed by atoms with Crippen LogP contribution >= 0.6 is 11.6 Å². The number of amides is 1. The molecule has 168 valence electrons. The topological polar surface area (TPSA) is 105 Å². The Labute approximate surface area is 189 Å². The normalized spacial score (nSPS) is 15.6. The molecule has 0 radical (unpaired) electrons. The van der Waals surface area contributed by atoms with Crippen LogP contribution in [0.15, 0.2) is 51.9 Å². The number of halogens is 2. The number of nitrogens with one attached hydrogen (secondary N) is 1. The number of anilines is 1. The molecule has 0 bridgehead atoms. The van der Waals surface area contributed by atoms with Gasteiger partial charge in [-0.1, -0.05) is 28.9 Å². The van der Waals surface area contributed by atoms with Gasteiger partial charge < -0.3 is 9.84 Å². The summed E-state index contributed by atoms with van der Waals surface area (Å²) in [5.41, 5.74) is 0.931. The van der Waals surface area contributed by atoms with Crippen molar-refractivity contribution in [2.75, 3.05) is 18.4 Å². The van der Waals surface area contributed by atoms with Crippen LogP contribution in [0.3, 0.4) is 0 Å². The molecular weight excluding hydrogens is 459 g/mol. The third kappa shape index (κ3) is 4.67. The Balaban J connectivity index is 1.42. The molecule has 0 aliphatic carbocycles. The summed E-state index contributed by atoms with van der Waals surface area (Å²) in [4.78, 5) is 16.8. The van der Waals surface area contributed by atoms with Gasteiger partial charge in [-0.3, -0.25) is 4.79 Å². The van der Waals surface area contributed by atoms with Crippen LogP contribution in [0.4, 0.5) is 10.1 Å². The summed E-state index contributed by atoms with van der Waals surface area (Å²) >= 11 is 5.75. The van der Waals surface area contributed by atoms with E-state index in [0.717, 1.165) is 0 Å². The second-order valence-electron chi connectivity index (χ2n) is 7.46. The van der Waals surface area contributed by atoms with Gasteiger partial charge in [0, 0.05) is 37.2 Å². The molecule has 1 fully saturated rings. The molecule has 1 aliphatic heterocycles. The van der Waals surface area contributed by atoms with E-state index < -0.39 is 15.8 Å². The minimum Gasteiger partial charge on any atom is -0.339 e. The second kappa shape index (κ2) is 8.97. The van der Waals surface area contributed by atoms with Gasteiger partial charge in [0.2, 0.25) is 27.6 Å². The van der Waals surface area contributed by atoms with Crippen molar-refractivity contribution in [2.24, 2.45) is 5.92 Å². The molecule has 1 aromatic heterocycles. The van der Waals surface area contributed by atoms with Crippen LogP contribution in [0.25, 0.3) is 11.4 Å². The molecule has 0 spiro atoms. The first-order valence-corrected chi connectivity index (χ1v) is 11.7. The fraction of sp³-hybridized carbons (Fsp3) is 0.286. The molecule has 3 aromatic rings. The quantitative estimate of drug-likeness (QED) is 0.596. The van der Waals surface area contributed by atoms with E-state index in [2.05, 4.69) is 15.5 Å². The maximum Gasteiger partial charge on any atom is 0.243 e. The van der Waals surface area contributed by atoms with E-state index in [4.69, 9.17) is 16.1 Å². The average molecular weight is 479 g/mol. The predicted molar refractivity (Wildman–Crippen MR) is 116 cm³/mol. The van der Waals surface area contributed by atoms with Crippen LogP contribution in [0.2, 0.25) is 5.02 Å². The Kier molecular flexibility index (Phi) is 6.27. The van der Waals surface area contributed by atoms with Crippen LogP contribution in [0, 0.1) is 18.7 Å². The molecule has 4 rings (SSSR count). The molecule has 1 aliphatic rings. The second-order valence-corrected chi connectivity index (χ2v) is 9.81. The molecule has 0 unspecified atom stereocenters. The lowest BCUT2D eigenvalue weighted by Gasteiger charge is -2.30. The third-order valence-electron chi connectivity index (χ3n) is 5.27. The standard InChI is InChI=1S/C21H20ClFN4O4S/c1-13-24-20(26-31-13)15-3-2-4-17(11-15)32(29,30)27-9-7-14(8-10-27)21(28)25-16-5-6-19(23)18(22)12-16/h2-6,11-12,14H,7-10H2,1H3,(H,25,28). The lowest BCUT2D eigenvalue weighted by Crippen LogP contribution is -2.41. The van der Waals surface area contributed by atoms with Crippen LogP contribution < -0.4 is 5.32 Å². The number of carbonyl (C=O) groups is 1. The van der Waals surface area contributed by atoms with E-state index in [1.807, 2.05) is 0 Å². The van der Waals surface area contributed by atoms with Gasteiger partial charge in [-0.2, -0.15) is 9.29 Å². The van der Waals surface area contributed by atoms with Crippen molar-refractivity contribution < 1.29 is 22.1 Å². The highest BCUT2D eigenvalue weighted by Gasteiger charge is 2.32. The zero-order valence-corrected chi connectivity index (χ0v) is 18.7. The number of nitrogens with zero attached hydrogens (tertiary/aromatic N) is 3. The van der Waals surface area contributed by atoms with Crippen LogP contribution in [0.1, 0.15) is 18.7 Å². The molecule has 0 saturated carbocycles. The van der Waals surface area contributed by atoms with Gasteiger partial charge in [0.15, 0.2) is 0 Å². The van der Waals surface area contributed by atoms with Gasteiger partial charge in [0.25, 0.3) is 0 Å². The van der Waals surface area contributed by atoms with E-state index in [1.54, 1.807) is 19.1 Å². The van der Waals surface area contributed by atoms with Crippen molar-refractivity contribution >= 4 is 33.2 Å². The lowest BCUT2D eigenvalue weighted by molar-refractivity contribution is -0.120. The van der Waals surface area contributed by atoms with Crippen LogP contribution in [-0.4, -0.2) is 41.9 Å². The number of sulfonamides is 1. The molecule has 2 aromatic carbocycles. The molecule has 11 heteroatoms. The summed E-state index contributed by atoms with van der Waals surface area (Å²) in [5, 5.41) is 6.46. The van der Waals surface area contributed by atoms with E-state index in [1.165, 1.54) is 34.6 Å². The summed E-state index contributed by atoms with van der Waals surface area (Å²) in [7, 11) is -3.75.